The van der Waals surface area contributed by atoms with Gasteiger partial charge in [-0.1, -0.05) is 24.3 Å². The van der Waals surface area contributed by atoms with Crippen molar-refractivity contribution in [3.05, 3.63) is 35.4 Å². The van der Waals surface area contributed by atoms with E-state index < -0.39 is 0 Å². The van der Waals surface area contributed by atoms with Crippen LogP contribution < -0.4 is 0 Å². The van der Waals surface area contributed by atoms with Crippen LogP contribution >= 0.6 is 0 Å². The molecule has 0 aromatic heterocycles. The minimum Gasteiger partial charge on any atom is -0.392 e. The van der Waals surface area contributed by atoms with E-state index in [0.29, 0.717) is 19.1 Å². The molecule has 0 spiro atoms. The number of carbonyl (C=O) groups is 1. The minimum atomic E-state index is 0.0581. The Bertz CT molecular complexity index is 477. The monoisotopic (exact) mass is 307 g/mol. The molecule has 2 rings (SSSR count). The number of hydrogen-bond acceptors (Lipinski definition) is 4. The summed E-state index contributed by atoms with van der Waals surface area (Å²) in [6, 6.07) is 8.02. The molecule has 1 fully saturated rings. The Kier molecular flexibility index (Phi) is 6.83. The van der Waals surface area contributed by atoms with Crippen LogP contribution in [0.25, 0.3) is 0 Å². The van der Waals surface area contributed by atoms with Crippen LogP contribution in [-0.4, -0.2) is 55.9 Å². The second-order valence-corrected chi connectivity index (χ2v) is 5.72. The van der Waals surface area contributed by atoms with E-state index in [0.717, 1.165) is 31.5 Å². The van der Waals surface area contributed by atoms with Crippen LogP contribution in [0.3, 0.4) is 0 Å². The van der Waals surface area contributed by atoms with Gasteiger partial charge in [-0.05, 0) is 29.9 Å². The van der Waals surface area contributed by atoms with Gasteiger partial charge in [-0.3, -0.25) is 4.79 Å². The largest absolute Gasteiger partial charge is 0.392 e. The zero-order valence-electron chi connectivity index (χ0n) is 13.2. The topological polar surface area (TPSA) is 59.0 Å². The maximum atomic E-state index is 12.0. The van der Waals surface area contributed by atoms with Crippen LogP contribution in [0.15, 0.2) is 24.3 Å². The van der Waals surface area contributed by atoms with E-state index >= 15 is 0 Å². The standard InChI is InChI=1S/C17H25NO4/c1-21-7-8-22-13-17(20)18-6-5-15(11-18)9-14-3-2-4-16(10-14)12-19/h2-4,10,15,19H,5-9,11-13H2,1H3. The van der Waals surface area contributed by atoms with Crippen LogP contribution in [0, 0.1) is 5.92 Å². The van der Waals surface area contributed by atoms with Crippen molar-refractivity contribution in [2.75, 3.05) is 40.0 Å². The maximum Gasteiger partial charge on any atom is 0.248 e. The molecule has 1 aliphatic heterocycles. The van der Waals surface area contributed by atoms with Gasteiger partial charge in [0.1, 0.15) is 6.61 Å². The lowest BCUT2D eigenvalue weighted by atomic mass is 9.97. The number of amides is 1. The normalized spacial score (nSPS) is 17.9. The highest BCUT2D eigenvalue weighted by Gasteiger charge is 2.26. The van der Waals surface area contributed by atoms with Crippen LogP contribution in [-0.2, 0) is 27.3 Å². The van der Waals surface area contributed by atoms with E-state index in [2.05, 4.69) is 6.07 Å². The summed E-state index contributed by atoms with van der Waals surface area (Å²) in [5.41, 5.74) is 2.16. The Hall–Kier alpha value is -1.43. The predicted octanol–water partition coefficient (Wildman–Crippen LogP) is 1.23. The number of methoxy groups -OCH3 is 1. The molecule has 1 saturated heterocycles. The van der Waals surface area contributed by atoms with Crippen LogP contribution in [0.4, 0.5) is 0 Å². The Morgan fingerprint density at radius 2 is 2.18 bits per heavy atom. The van der Waals surface area contributed by atoms with Crippen molar-refractivity contribution in [3.8, 4) is 0 Å². The fraction of sp³-hybridized carbons (Fsp3) is 0.588. The SMILES string of the molecule is COCCOCC(=O)N1CCC(Cc2cccc(CO)c2)C1. The molecule has 1 N–H and O–H groups in total. The Labute approximate surface area is 131 Å². The van der Waals surface area contributed by atoms with E-state index in [4.69, 9.17) is 9.47 Å². The second kappa shape index (κ2) is 8.88. The van der Waals surface area contributed by atoms with Crippen molar-refractivity contribution < 1.29 is 19.4 Å². The molecule has 1 heterocycles. The van der Waals surface area contributed by atoms with E-state index in [9.17, 15) is 9.90 Å². The van der Waals surface area contributed by atoms with E-state index in [1.165, 1.54) is 5.56 Å². The highest BCUT2D eigenvalue weighted by atomic mass is 16.5. The maximum absolute atomic E-state index is 12.0. The zero-order chi connectivity index (χ0) is 15.8. The smallest absolute Gasteiger partial charge is 0.248 e. The lowest BCUT2D eigenvalue weighted by Gasteiger charge is -2.16. The number of nitrogens with zero attached hydrogens (tertiary/aromatic N) is 1. The number of ether oxygens (including phenoxy) is 2. The number of aliphatic hydroxyl groups is 1. The molecule has 1 aromatic rings. The summed E-state index contributed by atoms with van der Waals surface area (Å²) in [5, 5.41) is 9.18. The minimum absolute atomic E-state index is 0.0581. The molecule has 1 aliphatic rings. The first-order chi connectivity index (χ1) is 10.7. The Morgan fingerprint density at radius 3 is 2.95 bits per heavy atom. The lowest BCUT2D eigenvalue weighted by Crippen LogP contribution is -2.32. The van der Waals surface area contributed by atoms with Gasteiger partial charge in [0.25, 0.3) is 0 Å². The van der Waals surface area contributed by atoms with Crippen molar-refractivity contribution in [2.45, 2.75) is 19.4 Å². The molecule has 1 unspecified atom stereocenters. The summed E-state index contributed by atoms with van der Waals surface area (Å²) in [6.07, 6.45) is 1.97. The second-order valence-electron chi connectivity index (χ2n) is 5.72. The van der Waals surface area contributed by atoms with Gasteiger partial charge in [-0.2, -0.15) is 0 Å². The first-order valence-electron chi connectivity index (χ1n) is 7.76. The third-order valence-electron chi connectivity index (χ3n) is 3.99. The molecule has 0 radical (unpaired) electrons. The summed E-state index contributed by atoms with van der Waals surface area (Å²) in [5.74, 6) is 0.541. The van der Waals surface area contributed by atoms with Gasteiger partial charge < -0.3 is 19.5 Å². The molecule has 0 saturated carbocycles. The lowest BCUT2D eigenvalue weighted by molar-refractivity contribution is -0.135. The van der Waals surface area contributed by atoms with E-state index in [1.54, 1.807) is 7.11 Å². The quantitative estimate of drug-likeness (QED) is 0.734. The number of benzene rings is 1. The molecule has 1 amide bonds. The van der Waals surface area contributed by atoms with Crippen molar-refractivity contribution in [3.63, 3.8) is 0 Å². The molecule has 0 bridgehead atoms. The molecule has 1 aromatic carbocycles. The van der Waals surface area contributed by atoms with Gasteiger partial charge in [0.05, 0.1) is 19.8 Å². The number of likely N-dealkylation sites (tertiary alicyclic amines) is 1. The Balaban J connectivity index is 1.76. The highest BCUT2D eigenvalue weighted by molar-refractivity contribution is 5.77. The molecule has 0 aliphatic carbocycles. The number of carbonyl (C=O) groups excluding carboxylic acids is 1. The van der Waals surface area contributed by atoms with Crippen LogP contribution in [0.1, 0.15) is 17.5 Å². The molecule has 22 heavy (non-hydrogen) atoms. The molecular weight excluding hydrogens is 282 g/mol. The van der Waals surface area contributed by atoms with Crippen LogP contribution in [0.5, 0.6) is 0 Å². The van der Waals surface area contributed by atoms with Gasteiger partial charge in [0, 0.05) is 20.2 Å². The van der Waals surface area contributed by atoms with E-state index in [-0.39, 0.29) is 19.1 Å². The molecular formula is C17H25NO4. The summed E-state index contributed by atoms with van der Waals surface area (Å²) in [7, 11) is 1.61. The number of hydrogen-bond donors (Lipinski definition) is 1. The predicted molar refractivity (Wildman–Crippen MR) is 83.5 cm³/mol. The number of aliphatic hydroxyl groups excluding tert-OH is 1. The first-order valence-corrected chi connectivity index (χ1v) is 7.76. The summed E-state index contributed by atoms with van der Waals surface area (Å²) >= 11 is 0. The summed E-state index contributed by atoms with van der Waals surface area (Å²) in [6.45, 7) is 2.76. The first kappa shape index (κ1) is 16.9. The summed E-state index contributed by atoms with van der Waals surface area (Å²) < 4.78 is 10.2. The Morgan fingerprint density at radius 1 is 1.36 bits per heavy atom. The van der Waals surface area contributed by atoms with Crippen molar-refractivity contribution in [1.82, 2.24) is 4.90 Å². The molecule has 5 heteroatoms. The van der Waals surface area contributed by atoms with Gasteiger partial charge in [-0.25, -0.2) is 0 Å². The average Bonchev–Trinajstić information content (AvgIpc) is 3.00. The van der Waals surface area contributed by atoms with Crippen LogP contribution in [0.2, 0.25) is 0 Å². The molecule has 122 valence electrons. The fourth-order valence-corrected chi connectivity index (χ4v) is 2.81. The van der Waals surface area contributed by atoms with Gasteiger partial charge >= 0.3 is 0 Å². The summed E-state index contributed by atoms with van der Waals surface area (Å²) in [4.78, 5) is 13.9. The molecule has 5 nitrogen and oxygen atoms in total. The fourth-order valence-electron chi connectivity index (χ4n) is 2.81. The zero-order valence-corrected chi connectivity index (χ0v) is 13.2. The van der Waals surface area contributed by atoms with Gasteiger partial charge in [0.2, 0.25) is 5.91 Å². The number of rotatable bonds is 8. The highest BCUT2D eigenvalue weighted by Crippen LogP contribution is 2.21. The van der Waals surface area contributed by atoms with Gasteiger partial charge in [0.15, 0.2) is 0 Å². The van der Waals surface area contributed by atoms with Gasteiger partial charge in [-0.15, -0.1) is 0 Å². The van der Waals surface area contributed by atoms with Crippen molar-refractivity contribution in [1.29, 1.82) is 0 Å². The third-order valence-corrected chi connectivity index (χ3v) is 3.99. The molecule has 1 atom stereocenters. The average molecular weight is 307 g/mol. The van der Waals surface area contributed by atoms with Crippen molar-refractivity contribution in [2.24, 2.45) is 5.92 Å². The van der Waals surface area contributed by atoms with Crippen molar-refractivity contribution >= 4 is 5.91 Å². The third kappa shape index (κ3) is 5.09. The van der Waals surface area contributed by atoms with E-state index in [1.807, 2.05) is 23.1 Å².